The molecule has 1 saturated heterocycles. The van der Waals surface area contributed by atoms with Crippen molar-refractivity contribution in [2.75, 3.05) is 18.6 Å². The fourth-order valence-electron chi connectivity index (χ4n) is 4.55. The number of carbonyl (C=O) groups is 2. The highest BCUT2D eigenvalue weighted by Gasteiger charge is 2.47. The Morgan fingerprint density at radius 1 is 0.943 bits per heavy atom. The minimum absolute atomic E-state index is 0.0510. The van der Waals surface area contributed by atoms with Gasteiger partial charge in [0, 0.05) is 11.3 Å². The monoisotopic (exact) mass is 471 g/mol. The highest BCUT2D eigenvalue weighted by molar-refractivity contribution is 6.51. The summed E-state index contributed by atoms with van der Waals surface area (Å²) in [5.74, 6) is -0.241. The topological polar surface area (TPSA) is 76.1 Å². The first-order chi connectivity index (χ1) is 16.8. The largest absolute Gasteiger partial charge is 0.507 e. The van der Waals surface area contributed by atoms with Crippen LogP contribution in [0.5, 0.6) is 11.5 Å². The second-order valence-electron chi connectivity index (χ2n) is 8.59. The van der Waals surface area contributed by atoms with Gasteiger partial charge in [0.25, 0.3) is 11.7 Å². The number of aryl methyl sites for hydroxylation is 3. The SMILES string of the molecule is CCOc1ccc(C2/C(=C(\O)c3cc(C)c(OC)cc3C)C(=O)C(=O)N2c2ccccc2C)cc1. The fourth-order valence-corrected chi connectivity index (χ4v) is 4.55. The van der Waals surface area contributed by atoms with E-state index in [4.69, 9.17) is 9.47 Å². The van der Waals surface area contributed by atoms with Gasteiger partial charge in [-0.2, -0.15) is 0 Å². The van der Waals surface area contributed by atoms with Crippen LogP contribution in [0.4, 0.5) is 5.69 Å². The number of para-hydroxylation sites is 1. The molecule has 3 aromatic rings. The molecule has 4 rings (SSSR count). The molecular weight excluding hydrogens is 442 g/mol. The Kier molecular flexibility index (Phi) is 6.65. The van der Waals surface area contributed by atoms with Crippen LogP contribution in [0.1, 0.15) is 40.8 Å². The molecule has 0 aliphatic carbocycles. The third-order valence-electron chi connectivity index (χ3n) is 6.32. The zero-order valence-corrected chi connectivity index (χ0v) is 20.6. The van der Waals surface area contributed by atoms with E-state index in [0.29, 0.717) is 34.9 Å². The number of nitrogens with zero attached hydrogens (tertiary/aromatic N) is 1. The van der Waals surface area contributed by atoms with Crippen molar-refractivity contribution in [3.05, 3.63) is 94.1 Å². The lowest BCUT2D eigenvalue weighted by atomic mass is 9.92. The van der Waals surface area contributed by atoms with Gasteiger partial charge in [-0.3, -0.25) is 14.5 Å². The number of amides is 1. The van der Waals surface area contributed by atoms with Crippen LogP contribution in [-0.2, 0) is 9.59 Å². The lowest BCUT2D eigenvalue weighted by molar-refractivity contribution is -0.132. The van der Waals surface area contributed by atoms with Crippen LogP contribution in [0, 0.1) is 20.8 Å². The van der Waals surface area contributed by atoms with Crippen molar-refractivity contribution in [2.24, 2.45) is 0 Å². The summed E-state index contributed by atoms with van der Waals surface area (Å²) >= 11 is 0. The lowest BCUT2D eigenvalue weighted by Gasteiger charge is -2.27. The molecular formula is C29H29NO5. The smallest absolute Gasteiger partial charge is 0.300 e. The predicted octanol–water partition coefficient (Wildman–Crippen LogP) is 5.65. The van der Waals surface area contributed by atoms with Gasteiger partial charge in [-0.25, -0.2) is 0 Å². The quantitative estimate of drug-likeness (QED) is 0.286. The molecule has 1 N–H and O–H groups in total. The maximum Gasteiger partial charge on any atom is 0.300 e. The van der Waals surface area contributed by atoms with Gasteiger partial charge in [0.2, 0.25) is 0 Å². The number of ketones is 1. The van der Waals surface area contributed by atoms with E-state index in [2.05, 4.69) is 0 Å². The standard InChI is InChI=1S/C29H29NO5/c1-6-35-21-13-11-20(12-14-21)26-25(27(31)22-15-19(4)24(34-5)16-18(22)3)28(32)29(33)30(26)23-10-8-7-9-17(23)2/h7-16,26,31H,6H2,1-5H3/b27-25+. The molecule has 0 radical (unpaired) electrons. The number of anilines is 1. The molecule has 180 valence electrons. The normalized spacial score (nSPS) is 17.1. The first kappa shape index (κ1) is 24.1. The van der Waals surface area contributed by atoms with Crippen LogP contribution in [0.25, 0.3) is 5.76 Å². The number of ether oxygens (including phenoxy) is 2. The molecule has 1 heterocycles. The number of rotatable bonds is 6. The molecule has 35 heavy (non-hydrogen) atoms. The van der Waals surface area contributed by atoms with Crippen LogP contribution in [0.3, 0.4) is 0 Å². The van der Waals surface area contributed by atoms with Crippen molar-refractivity contribution in [2.45, 2.75) is 33.7 Å². The first-order valence-corrected chi connectivity index (χ1v) is 11.5. The second kappa shape index (κ2) is 9.66. The minimum Gasteiger partial charge on any atom is -0.507 e. The number of methoxy groups -OCH3 is 1. The summed E-state index contributed by atoms with van der Waals surface area (Å²) in [7, 11) is 1.58. The average molecular weight is 472 g/mol. The van der Waals surface area contributed by atoms with E-state index in [9.17, 15) is 14.7 Å². The minimum atomic E-state index is -0.798. The highest BCUT2D eigenvalue weighted by atomic mass is 16.5. The number of hydrogen-bond donors (Lipinski definition) is 1. The van der Waals surface area contributed by atoms with Crippen molar-refractivity contribution < 1.29 is 24.2 Å². The summed E-state index contributed by atoms with van der Waals surface area (Å²) in [6, 6.07) is 17.5. The third-order valence-corrected chi connectivity index (χ3v) is 6.32. The zero-order valence-electron chi connectivity index (χ0n) is 20.6. The van der Waals surface area contributed by atoms with E-state index in [-0.39, 0.29) is 11.3 Å². The third kappa shape index (κ3) is 4.28. The molecule has 0 bridgehead atoms. The summed E-state index contributed by atoms with van der Waals surface area (Å²) in [6.07, 6.45) is 0. The Morgan fingerprint density at radius 2 is 1.63 bits per heavy atom. The van der Waals surface area contributed by atoms with Gasteiger partial charge < -0.3 is 14.6 Å². The Morgan fingerprint density at radius 3 is 2.26 bits per heavy atom. The molecule has 1 unspecified atom stereocenters. The summed E-state index contributed by atoms with van der Waals surface area (Å²) in [6.45, 7) is 8.02. The van der Waals surface area contributed by atoms with Crippen LogP contribution in [0.2, 0.25) is 0 Å². The fraction of sp³-hybridized carbons (Fsp3) is 0.241. The maximum absolute atomic E-state index is 13.4. The van der Waals surface area contributed by atoms with Gasteiger partial charge in [0.15, 0.2) is 0 Å². The van der Waals surface area contributed by atoms with Gasteiger partial charge >= 0.3 is 0 Å². The molecule has 6 heteroatoms. The van der Waals surface area contributed by atoms with E-state index in [1.165, 1.54) is 4.90 Å². The molecule has 0 aromatic heterocycles. The van der Waals surface area contributed by atoms with Crippen LogP contribution >= 0.6 is 0 Å². The molecule has 6 nitrogen and oxygen atoms in total. The van der Waals surface area contributed by atoms with Crippen molar-refractivity contribution in [3.63, 3.8) is 0 Å². The Balaban J connectivity index is 1.96. The van der Waals surface area contributed by atoms with Crippen molar-refractivity contribution in [3.8, 4) is 11.5 Å². The molecule has 0 saturated carbocycles. The van der Waals surface area contributed by atoms with E-state index in [0.717, 1.165) is 16.7 Å². The number of benzene rings is 3. The van der Waals surface area contributed by atoms with E-state index in [1.807, 2.05) is 70.2 Å². The molecule has 1 amide bonds. The number of hydrogen-bond acceptors (Lipinski definition) is 5. The van der Waals surface area contributed by atoms with Gasteiger partial charge in [-0.1, -0.05) is 30.3 Å². The zero-order chi connectivity index (χ0) is 25.3. The summed E-state index contributed by atoms with van der Waals surface area (Å²) in [5.41, 5.74) is 4.25. The Labute approximate surface area is 205 Å². The lowest BCUT2D eigenvalue weighted by Crippen LogP contribution is -2.30. The van der Waals surface area contributed by atoms with Gasteiger partial charge in [0.05, 0.1) is 25.3 Å². The van der Waals surface area contributed by atoms with Crippen molar-refractivity contribution in [1.29, 1.82) is 0 Å². The van der Waals surface area contributed by atoms with Crippen LogP contribution < -0.4 is 14.4 Å². The molecule has 1 aliphatic rings. The van der Waals surface area contributed by atoms with E-state index >= 15 is 0 Å². The Bertz CT molecular complexity index is 1320. The van der Waals surface area contributed by atoms with Gasteiger partial charge in [-0.05, 0) is 80.3 Å². The van der Waals surface area contributed by atoms with E-state index < -0.39 is 17.7 Å². The number of aliphatic hydroxyl groups is 1. The summed E-state index contributed by atoms with van der Waals surface area (Å²) < 4.78 is 11.0. The molecule has 3 aromatic carbocycles. The number of Topliss-reactive ketones (excluding diaryl/α,β-unsaturated/α-hetero) is 1. The Hall–Kier alpha value is -4.06. The number of aliphatic hydroxyl groups excluding tert-OH is 1. The number of carbonyl (C=O) groups excluding carboxylic acids is 2. The first-order valence-electron chi connectivity index (χ1n) is 11.5. The van der Waals surface area contributed by atoms with Crippen molar-refractivity contribution >= 4 is 23.1 Å². The van der Waals surface area contributed by atoms with Gasteiger partial charge in [-0.15, -0.1) is 0 Å². The maximum atomic E-state index is 13.4. The second-order valence-corrected chi connectivity index (χ2v) is 8.59. The van der Waals surface area contributed by atoms with E-state index in [1.54, 1.807) is 25.3 Å². The molecule has 0 spiro atoms. The summed E-state index contributed by atoms with van der Waals surface area (Å²) in [4.78, 5) is 28.3. The van der Waals surface area contributed by atoms with Gasteiger partial charge in [0.1, 0.15) is 17.3 Å². The summed E-state index contributed by atoms with van der Waals surface area (Å²) in [5, 5.41) is 11.5. The molecule has 1 aliphatic heterocycles. The predicted molar refractivity (Wildman–Crippen MR) is 136 cm³/mol. The van der Waals surface area contributed by atoms with Crippen molar-refractivity contribution in [1.82, 2.24) is 0 Å². The molecule has 1 fully saturated rings. The highest BCUT2D eigenvalue weighted by Crippen LogP contribution is 2.44. The average Bonchev–Trinajstić information content (AvgIpc) is 3.11. The van der Waals surface area contributed by atoms with Crippen LogP contribution in [-0.4, -0.2) is 30.5 Å². The van der Waals surface area contributed by atoms with Crippen LogP contribution in [0.15, 0.2) is 66.2 Å². The molecule has 1 atom stereocenters.